The van der Waals surface area contributed by atoms with E-state index < -0.39 is 0 Å². The van der Waals surface area contributed by atoms with Gasteiger partial charge in [0.25, 0.3) is 0 Å². The maximum atomic E-state index is 9.28. The van der Waals surface area contributed by atoms with Crippen molar-refractivity contribution < 1.29 is 0 Å². The van der Waals surface area contributed by atoms with Crippen LogP contribution in [-0.2, 0) is 0 Å². The highest BCUT2D eigenvalue weighted by Gasteiger charge is 2.14. The van der Waals surface area contributed by atoms with E-state index >= 15 is 0 Å². The Morgan fingerprint density at radius 3 is 2.58 bits per heavy atom. The van der Waals surface area contributed by atoms with Crippen molar-refractivity contribution in [3.05, 3.63) is 58.6 Å². The molecule has 19 heavy (non-hydrogen) atoms. The van der Waals surface area contributed by atoms with Crippen LogP contribution in [0.1, 0.15) is 18.1 Å². The summed E-state index contributed by atoms with van der Waals surface area (Å²) >= 11 is 6.10. The van der Waals surface area contributed by atoms with Crippen molar-refractivity contribution in [1.29, 1.82) is 5.26 Å². The third kappa shape index (κ3) is 2.72. The molecule has 2 rings (SSSR count). The van der Waals surface area contributed by atoms with E-state index in [2.05, 4.69) is 36.9 Å². The lowest BCUT2D eigenvalue weighted by atomic mass is 10.1. The van der Waals surface area contributed by atoms with Gasteiger partial charge >= 0.3 is 0 Å². The number of nitrogens with zero attached hydrogens (tertiary/aromatic N) is 2. The second-order valence-corrected chi connectivity index (χ2v) is 4.74. The first-order valence-corrected chi connectivity index (χ1v) is 6.58. The van der Waals surface area contributed by atoms with Crippen LogP contribution in [0.2, 0.25) is 5.02 Å². The van der Waals surface area contributed by atoms with Crippen LogP contribution < -0.4 is 4.90 Å². The third-order valence-corrected chi connectivity index (χ3v) is 3.34. The van der Waals surface area contributed by atoms with Crippen LogP contribution in [0.4, 0.5) is 11.4 Å². The average Bonchev–Trinajstić information content (AvgIpc) is 2.40. The predicted octanol–water partition coefficient (Wildman–Crippen LogP) is 4.68. The minimum absolute atomic E-state index is 0.492. The van der Waals surface area contributed by atoms with Gasteiger partial charge < -0.3 is 4.90 Å². The Morgan fingerprint density at radius 1 is 1.21 bits per heavy atom. The zero-order valence-corrected chi connectivity index (χ0v) is 11.8. The fraction of sp³-hybridized carbons (Fsp3) is 0.188. The van der Waals surface area contributed by atoms with Gasteiger partial charge in [0.2, 0.25) is 0 Å². The highest BCUT2D eigenvalue weighted by atomic mass is 35.5. The summed E-state index contributed by atoms with van der Waals surface area (Å²) in [7, 11) is 0. The van der Waals surface area contributed by atoms with Crippen molar-refractivity contribution in [2.75, 3.05) is 11.4 Å². The molecule has 96 valence electrons. The second-order valence-electron chi connectivity index (χ2n) is 4.33. The van der Waals surface area contributed by atoms with Gasteiger partial charge in [-0.1, -0.05) is 29.8 Å². The van der Waals surface area contributed by atoms with Crippen LogP contribution in [0.15, 0.2) is 42.5 Å². The van der Waals surface area contributed by atoms with E-state index in [-0.39, 0.29) is 0 Å². The molecule has 0 saturated heterocycles. The van der Waals surface area contributed by atoms with Crippen molar-refractivity contribution in [3.63, 3.8) is 0 Å². The first-order chi connectivity index (χ1) is 9.17. The lowest BCUT2D eigenvalue weighted by molar-refractivity contribution is 1.02. The first-order valence-electron chi connectivity index (χ1n) is 6.20. The molecular formula is C16H15ClN2. The van der Waals surface area contributed by atoms with Gasteiger partial charge in [0, 0.05) is 12.2 Å². The first kappa shape index (κ1) is 13.5. The molecule has 0 fully saturated rings. The number of nitriles is 1. The third-order valence-electron chi connectivity index (χ3n) is 3.02. The van der Waals surface area contributed by atoms with E-state index in [0.29, 0.717) is 10.6 Å². The molecule has 0 aliphatic rings. The highest BCUT2D eigenvalue weighted by molar-refractivity contribution is 6.32. The summed E-state index contributed by atoms with van der Waals surface area (Å²) in [5.41, 5.74) is 3.63. The van der Waals surface area contributed by atoms with Crippen molar-refractivity contribution in [2.24, 2.45) is 0 Å². The summed E-state index contributed by atoms with van der Waals surface area (Å²) in [5, 5.41) is 9.78. The lowest BCUT2D eigenvalue weighted by Crippen LogP contribution is -2.17. The van der Waals surface area contributed by atoms with Crippen molar-refractivity contribution in [3.8, 4) is 6.07 Å². The van der Waals surface area contributed by atoms with Gasteiger partial charge in [-0.25, -0.2) is 0 Å². The summed E-state index contributed by atoms with van der Waals surface area (Å²) in [6, 6.07) is 15.9. The Bertz CT molecular complexity index is 629. The molecule has 0 aliphatic heterocycles. The number of rotatable bonds is 3. The molecule has 2 nitrogen and oxygen atoms in total. The number of hydrogen-bond acceptors (Lipinski definition) is 2. The van der Waals surface area contributed by atoms with Gasteiger partial charge in [-0.05, 0) is 43.7 Å². The predicted molar refractivity (Wildman–Crippen MR) is 80.0 cm³/mol. The van der Waals surface area contributed by atoms with Crippen molar-refractivity contribution >= 4 is 23.0 Å². The van der Waals surface area contributed by atoms with E-state index in [1.165, 1.54) is 5.56 Å². The second kappa shape index (κ2) is 5.77. The molecule has 0 N–H and O–H groups in total. The Kier molecular flexibility index (Phi) is 4.09. The van der Waals surface area contributed by atoms with Gasteiger partial charge in [-0.2, -0.15) is 5.26 Å². The van der Waals surface area contributed by atoms with Gasteiger partial charge in [0.15, 0.2) is 0 Å². The molecule has 0 unspecified atom stereocenters. The molecule has 0 radical (unpaired) electrons. The Balaban J connectivity index is 2.55. The summed E-state index contributed by atoms with van der Waals surface area (Å²) in [6.45, 7) is 4.89. The summed E-state index contributed by atoms with van der Waals surface area (Å²) in [4.78, 5) is 2.09. The maximum absolute atomic E-state index is 9.28. The zero-order valence-electron chi connectivity index (χ0n) is 11.0. The van der Waals surface area contributed by atoms with Gasteiger partial charge in [0.1, 0.15) is 6.07 Å². The summed E-state index contributed by atoms with van der Waals surface area (Å²) in [6.07, 6.45) is 0. The largest absolute Gasteiger partial charge is 0.341 e. The van der Waals surface area contributed by atoms with Crippen LogP contribution in [-0.4, -0.2) is 6.54 Å². The van der Waals surface area contributed by atoms with E-state index in [4.69, 9.17) is 11.6 Å². The molecule has 0 bridgehead atoms. The molecular weight excluding hydrogens is 256 g/mol. The molecule has 2 aromatic rings. The van der Waals surface area contributed by atoms with Crippen LogP contribution in [0.25, 0.3) is 0 Å². The Labute approximate surface area is 118 Å². The van der Waals surface area contributed by atoms with Crippen LogP contribution in [0, 0.1) is 18.3 Å². The van der Waals surface area contributed by atoms with Crippen molar-refractivity contribution in [1.82, 2.24) is 0 Å². The van der Waals surface area contributed by atoms with Crippen LogP contribution in [0.3, 0.4) is 0 Å². The smallest absolute Gasteiger partial charge is 0.103 e. The number of aryl methyl sites for hydroxylation is 1. The quantitative estimate of drug-likeness (QED) is 0.810. The van der Waals surface area contributed by atoms with Gasteiger partial charge in [-0.3, -0.25) is 0 Å². The number of anilines is 2. The fourth-order valence-corrected chi connectivity index (χ4v) is 2.35. The van der Waals surface area contributed by atoms with Gasteiger partial charge in [0.05, 0.1) is 16.3 Å². The topological polar surface area (TPSA) is 27.0 Å². The molecule has 0 heterocycles. The van der Waals surface area contributed by atoms with E-state index in [9.17, 15) is 5.26 Å². The molecule has 2 aromatic carbocycles. The minimum Gasteiger partial charge on any atom is -0.341 e. The van der Waals surface area contributed by atoms with E-state index in [0.717, 1.165) is 17.9 Å². The number of benzene rings is 2. The van der Waals surface area contributed by atoms with Gasteiger partial charge in [-0.15, -0.1) is 0 Å². The normalized spacial score (nSPS) is 10.0. The molecule has 3 heteroatoms. The minimum atomic E-state index is 0.492. The maximum Gasteiger partial charge on any atom is 0.103 e. The molecule has 0 spiro atoms. The molecule has 0 saturated carbocycles. The average molecular weight is 271 g/mol. The van der Waals surface area contributed by atoms with Crippen molar-refractivity contribution in [2.45, 2.75) is 13.8 Å². The monoisotopic (exact) mass is 270 g/mol. The van der Waals surface area contributed by atoms with E-state index in [1.807, 2.05) is 24.3 Å². The Morgan fingerprint density at radius 2 is 1.95 bits per heavy atom. The highest BCUT2D eigenvalue weighted by Crippen LogP contribution is 2.32. The summed E-state index contributed by atoms with van der Waals surface area (Å²) in [5.74, 6) is 0. The van der Waals surface area contributed by atoms with E-state index in [1.54, 1.807) is 6.07 Å². The molecule has 0 atom stereocenters. The fourth-order valence-electron chi connectivity index (χ4n) is 2.14. The standard InChI is InChI=1S/C16H15ClN2/c1-3-19(13-7-4-6-12(2)10-13)16-9-5-8-15(17)14(16)11-18/h4-10H,3H2,1-2H3. The molecule has 0 amide bonds. The van der Waals surface area contributed by atoms with Crippen LogP contribution in [0.5, 0.6) is 0 Å². The number of hydrogen-bond donors (Lipinski definition) is 0. The van der Waals surface area contributed by atoms with Crippen LogP contribution >= 0.6 is 11.6 Å². The summed E-state index contributed by atoms with van der Waals surface area (Å²) < 4.78 is 0. The number of halogens is 1. The lowest BCUT2D eigenvalue weighted by Gasteiger charge is -2.25. The zero-order chi connectivity index (χ0) is 13.8. The SMILES string of the molecule is CCN(c1cccc(C)c1)c1cccc(Cl)c1C#N. The molecule has 0 aliphatic carbocycles. The Hall–Kier alpha value is -1.98. The molecule has 0 aromatic heterocycles.